The van der Waals surface area contributed by atoms with E-state index < -0.39 is 0 Å². The molecule has 0 fully saturated rings. The second-order valence-corrected chi connectivity index (χ2v) is 4.11. The Bertz CT molecular complexity index is 298. The lowest BCUT2D eigenvalue weighted by Crippen LogP contribution is -3.00. The highest BCUT2D eigenvalue weighted by molar-refractivity contribution is 7.71. The zero-order valence-corrected chi connectivity index (χ0v) is 9.56. The molecule has 13 heavy (non-hydrogen) atoms. The maximum Gasteiger partial charge on any atom is 0.238 e. The van der Waals surface area contributed by atoms with Crippen molar-refractivity contribution in [3.63, 3.8) is 0 Å². The summed E-state index contributed by atoms with van der Waals surface area (Å²) in [7, 11) is 6.40. The van der Waals surface area contributed by atoms with Crippen LogP contribution in [0.4, 0.5) is 0 Å². The topological polar surface area (TPSA) is 46.5 Å². The Hall–Kier alpha value is -0.460. The van der Waals surface area contributed by atoms with Gasteiger partial charge in [0.2, 0.25) is 4.77 Å². The van der Waals surface area contributed by atoms with Crippen molar-refractivity contribution in [1.82, 2.24) is 20.2 Å². The van der Waals surface area contributed by atoms with Gasteiger partial charge in [0.1, 0.15) is 0 Å². The monoisotopic (exact) mass is 223 g/mol. The minimum atomic E-state index is 0. The van der Waals surface area contributed by atoms with Crippen molar-refractivity contribution in [2.75, 3.05) is 27.7 Å². The van der Waals surface area contributed by atoms with Crippen molar-refractivity contribution in [1.29, 1.82) is 0 Å². The molecule has 1 aromatic rings. The Labute approximate surface area is 88.7 Å². The second-order valence-electron chi connectivity index (χ2n) is 3.75. The van der Waals surface area contributed by atoms with Gasteiger partial charge in [0, 0.05) is 0 Å². The molecule has 7 heteroatoms. The summed E-state index contributed by atoms with van der Waals surface area (Å²) in [4.78, 5) is 0. The fraction of sp³-hybridized carbons (Fsp3) is 0.833. The van der Waals surface area contributed by atoms with Crippen LogP contribution in [0.15, 0.2) is 0 Å². The van der Waals surface area contributed by atoms with Crippen LogP contribution in [0, 0.1) is 4.77 Å². The van der Waals surface area contributed by atoms with Crippen molar-refractivity contribution >= 4 is 12.2 Å². The smallest absolute Gasteiger partial charge is 0.238 e. The normalized spacial score (nSPS) is 11.0. The Kier molecular flexibility index (Phi) is 4.52. The number of hydrogen-bond acceptors (Lipinski definition) is 3. The van der Waals surface area contributed by atoms with E-state index in [9.17, 15) is 0 Å². The molecule has 0 saturated heterocycles. The molecule has 0 amide bonds. The van der Waals surface area contributed by atoms with Gasteiger partial charge in [-0.1, -0.05) is 10.3 Å². The van der Waals surface area contributed by atoms with Crippen LogP contribution in [0.2, 0.25) is 0 Å². The molecule has 1 aromatic heterocycles. The predicted molar refractivity (Wildman–Crippen MR) is 48.1 cm³/mol. The van der Waals surface area contributed by atoms with Gasteiger partial charge in [-0.15, -0.1) is 0 Å². The van der Waals surface area contributed by atoms with E-state index in [-0.39, 0.29) is 12.4 Å². The van der Waals surface area contributed by atoms with Crippen LogP contribution in [0.25, 0.3) is 0 Å². The van der Waals surface area contributed by atoms with Crippen LogP contribution in [0.3, 0.4) is 0 Å². The summed E-state index contributed by atoms with van der Waals surface area (Å²) in [6, 6.07) is 0. The number of rotatable bonds is 3. The van der Waals surface area contributed by atoms with Gasteiger partial charge in [-0.2, -0.15) is 5.21 Å². The standard InChI is InChI=1S/C6H13N5S.ClH/c1-11(2,3)5-4-10-6(12)7-8-9-10;/h4-5H2,1-3H3;1H. The first-order valence-electron chi connectivity index (χ1n) is 3.77. The van der Waals surface area contributed by atoms with Gasteiger partial charge in [-0.3, -0.25) is 0 Å². The van der Waals surface area contributed by atoms with E-state index in [1.54, 1.807) is 4.68 Å². The van der Waals surface area contributed by atoms with E-state index in [4.69, 9.17) is 12.2 Å². The first-order chi connectivity index (χ1) is 5.49. The van der Waals surface area contributed by atoms with Crippen LogP contribution in [-0.4, -0.2) is 52.4 Å². The molecule has 1 heterocycles. The summed E-state index contributed by atoms with van der Waals surface area (Å²) in [5.41, 5.74) is 0. The number of nitrogens with zero attached hydrogens (tertiary/aromatic N) is 4. The van der Waals surface area contributed by atoms with Crippen molar-refractivity contribution in [2.45, 2.75) is 6.54 Å². The minimum Gasteiger partial charge on any atom is -1.00 e. The second kappa shape index (κ2) is 4.69. The fourth-order valence-electron chi connectivity index (χ4n) is 0.762. The van der Waals surface area contributed by atoms with Gasteiger partial charge in [0.25, 0.3) is 0 Å². The molecule has 0 aromatic carbocycles. The van der Waals surface area contributed by atoms with E-state index in [1.165, 1.54) is 0 Å². The average Bonchev–Trinajstić information content (AvgIpc) is 2.29. The van der Waals surface area contributed by atoms with Crippen molar-refractivity contribution < 1.29 is 16.9 Å². The lowest BCUT2D eigenvalue weighted by Gasteiger charge is -2.23. The van der Waals surface area contributed by atoms with Crippen molar-refractivity contribution in [3.05, 3.63) is 4.77 Å². The Morgan fingerprint density at radius 2 is 2.08 bits per heavy atom. The van der Waals surface area contributed by atoms with Gasteiger partial charge in [0.15, 0.2) is 0 Å². The first kappa shape index (κ1) is 12.5. The number of hydrogen-bond donors (Lipinski definition) is 1. The number of nitrogens with one attached hydrogen (secondary N) is 1. The molecule has 0 unspecified atom stereocenters. The molecule has 0 aliphatic carbocycles. The third-order valence-corrected chi connectivity index (χ3v) is 1.83. The number of likely N-dealkylation sites (N-methyl/N-ethyl adjacent to an activating group) is 1. The Balaban J connectivity index is 0.00000144. The maximum absolute atomic E-state index is 4.92. The van der Waals surface area contributed by atoms with E-state index in [1.807, 2.05) is 0 Å². The molecule has 0 spiro atoms. The Morgan fingerprint density at radius 1 is 1.46 bits per heavy atom. The van der Waals surface area contributed by atoms with Gasteiger partial charge in [0.05, 0.1) is 34.2 Å². The van der Waals surface area contributed by atoms with Crippen molar-refractivity contribution in [3.8, 4) is 0 Å². The van der Waals surface area contributed by atoms with Gasteiger partial charge < -0.3 is 16.9 Å². The minimum absolute atomic E-state index is 0. The highest BCUT2D eigenvalue weighted by Gasteiger charge is 2.07. The molecule has 0 atom stereocenters. The Morgan fingerprint density at radius 3 is 2.46 bits per heavy atom. The third-order valence-electron chi connectivity index (χ3n) is 1.53. The van der Waals surface area contributed by atoms with E-state index in [0.29, 0.717) is 4.77 Å². The van der Waals surface area contributed by atoms with E-state index in [2.05, 4.69) is 36.7 Å². The number of halogens is 1. The summed E-state index contributed by atoms with van der Waals surface area (Å²) >= 11 is 4.92. The molecule has 1 rings (SSSR count). The van der Waals surface area contributed by atoms with E-state index >= 15 is 0 Å². The summed E-state index contributed by atoms with van der Waals surface area (Å²) in [6.45, 7) is 1.83. The average molecular weight is 224 g/mol. The summed E-state index contributed by atoms with van der Waals surface area (Å²) in [5.74, 6) is 0. The number of H-pyrrole nitrogens is 1. The molecule has 0 aliphatic heterocycles. The maximum atomic E-state index is 4.92. The number of aromatic amines is 1. The molecule has 1 N–H and O–H groups in total. The quantitative estimate of drug-likeness (QED) is 0.440. The van der Waals surface area contributed by atoms with Crippen LogP contribution < -0.4 is 12.4 Å². The largest absolute Gasteiger partial charge is 1.00 e. The molecule has 5 nitrogen and oxygen atoms in total. The molecule has 0 bridgehead atoms. The van der Waals surface area contributed by atoms with Crippen LogP contribution >= 0.6 is 12.2 Å². The lowest BCUT2D eigenvalue weighted by atomic mass is 10.5. The lowest BCUT2D eigenvalue weighted by molar-refractivity contribution is -0.871. The third kappa shape index (κ3) is 4.35. The summed E-state index contributed by atoms with van der Waals surface area (Å²) < 4.78 is 3.18. The number of tetrazole rings is 1. The van der Waals surface area contributed by atoms with Gasteiger partial charge >= 0.3 is 0 Å². The fourth-order valence-corrected chi connectivity index (χ4v) is 0.934. The molecule has 0 radical (unpaired) electrons. The molecule has 76 valence electrons. The number of aromatic nitrogens is 4. The van der Waals surface area contributed by atoms with E-state index in [0.717, 1.165) is 17.6 Å². The molecular weight excluding hydrogens is 210 g/mol. The van der Waals surface area contributed by atoms with Crippen LogP contribution in [-0.2, 0) is 6.54 Å². The predicted octanol–water partition coefficient (Wildman–Crippen LogP) is -2.95. The zero-order valence-electron chi connectivity index (χ0n) is 7.99. The van der Waals surface area contributed by atoms with Gasteiger partial charge in [-0.05, 0) is 12.2 Å². The summed E-state index contributed by atoms with van der Waals surface area (Å²) in [6.07, 6.45) is 0. The highest BCUT2D eigenvalue weighted by Crippen LogP contribution is 1.91. The number of quaternary nitrogens is 1. The highest BCUT2D eigenvalue weighted by atomic mass is 35.5. The van der Waals surface area contributed by atoms with Crippen LogP contribution in [0.5, 0.6) is 0 Å². The molecule has 0 aliphatic rings. The summed E-state index contributed by atoms with van der Waals surface area (Å²) in [5, 5.41) is 10.0. The SMILES string of the molecule is C[N+](C)(C)CCn1[nH]nnc1=S.[Cl-]. The zero-order chi connectivity index (χ0) is 9.19. The van der Waals surface area contributed by atoms with Crippen molar-refractivity contribution in [2.24, 2.45) is 0 Å². The molecule has 0 saturated carbocycles. The van der Waals surface area contributed by atoms with Crippen LogP contribution in [0.1, 0.15) is 0 Å². The van der Waals surface area contributed by atoms with Gasteiger partial charge in [-0.25, -0.2) is 4.68 Å². The first-order valence-corrected chi connectivity index (χ1v) is 4.18. The molecular formula is C6H14ClN5S.